The fourth-order valence-corrected chi connectivity index (χ4v) is 3.36. The molecule has 9 heteroatoms. The van der Waals surface area contributed by atoms with E-state index in [1.807, 2.05) is 6.07 Å². The van der Waals surface area contributed by atoms with Crippen LogP contribution in [0.25, 0.3) is 0 Å². The summed E-state index contributed by atoms with van der Waals surface area (Å²) in [7, 11) is 2.95. The van der Waals surface area contributed by atoms with E-state index in [4.69, 9.17) is 20.5 Å². The predicted molar refractivity (Wildman–Crippen MR) is 94.1 cm³/mol. The lowest BCUT2D eigenvalue weighted by molar-refractivity contribution is -0.108. The van der Waals surface area contributed by atoms with Crippen molar-refractivity contribution >= 4 is 17.7 Å². The van der Waals surface area contributed by atoms with Crippen molar-refractivity contribution < 1.29 is 18.7 Å². The molecule has 8 nitrogen and oxygen atoms in total. The van der Waals surface area contributed by atoms with Gasteiger partial charge in [-0.2, -0.15) is 10.2 Å². The minimum atomic E-state index is -0.767. The van der Waals surface area contributed by atoms with Crippen molar-refractivity contribution in [1.82, 2.24) is 14.5 Å². The third-order valence-corrected chi connectivity index (χ3v) is 4.68. The van der Waals surface area contributed by atoms with Crippen LogP contribution in [0.4, 0.5) is 20.8 Å². The summed E-state index contributed by atoms with van der Waals surface area (Å²) in [5.41, 5.74) is 6.82. The number of rotatable bonds is 4. The topological polar surface area (TPSA) is 111 Å². The average molecular weight is 372 g/mol. The van der Waals surface area contributed by atoms with E-state index in [-0.39, 0.29) is 17.9 Å². The molecule has 0 aromatic carbocycles. The molecule has 3 rings (SSSR count). The van der Waals surface area contributed by atoms with E-state index in [9.17, 15) is 9.18 Å². The number of nitriles is 1. The second-order valence-corrected chi connectivity index (χ2v) is 6.13. The number of ether oxygens (including phenoxy) is 2. The molecule has 2 N–H and O–H groups in total. The number of halogens is 1. The van der Waals surface area contributed by atoms with Crippen LogP contribution in [0.2, 0.25) is 0 Å². The molecule has 0 saturated carbocycles. The number of nitrogens with two attached hydrogens (primary N) is 1. The van der Waals surface area contributed by atoms with Crippen molar-refractivity contribution in [2.24, 2.45) is 5.73 Å². The van der Waals surface area contributed by atoms with Crippen molar-refractivity contribution in [1.29, 1.82) is 5.26 Å². The molecule has 0 saturated heterocycles. The van der Waals surface area contributed by atoms with Crippen LogP contribution in [-0.2, 0) is 15.9 Å². The molecule has 1 atom stereocenters. The largest absolute Gasteiger partial charge is 0.426 e. The van der Waals surface area contributed by atoms with Crippen LogP contribution < -0.4 is 10.2 Å². The fourth-order valence-electron chi connectivity index (χ4n) is 3.36. The van der Waals surface area contributed by atoms with Crippen LogP contribution in [0, 0.1) is 17.1 Å². The fraction of sp³-hybridized carbons (Fsp3) is 0.333. The summed E-state index contributed by atoms with van der Waals surface area (Å²) < 4.78 is 24.2. The van der Waals surface area contributed by atoms with E-state index in [1.54, 1.807) is 12.1 Å². The standard InChI is InChI=1S/C18H18FN5O3/c1-26-17(27-2)14-6-5-11-4-3-7-24(18(21)25,16(11)23-14)15-8-13(19)12(9-20)10-22-15/h5-6,8,10,17H,3-4,7H2,1-2H3,(H-,21,25)/p+1. The van der Waals surface area contributed by atoms with Gasteiger partial charge in [0.25, 0.3) is 0 Å². The number of quaternary nitrogens is 1. The molecule has 1 aliphatic heterocycles. The summed E-state index contributed by atoms with van der Waals surface area (Å²) in [6, 6.07) is 5.64. The van der Waals surface area contributed by atoms with Crippen LogP contribution >= 0.6 is 0 Å². The number of fused-ring (bicyclic) bond motifs is 1. The van der Waals surface area contributed by atoms with Gasteiger partial charge in [-0.05, 0) is 18.6 Å². The predicted octanol–water partition coefficient (Wildman–Crippen LogP) is 2.44. The minimum Gasteiger partial charge on any atom is -0.350 e. The van der Waals surface area contributed by atoms with E-state index in [0.717, 1.165) is 17.8 Å². The Hall–Kier alpha value is -2.93. The van der Waals surface area contributed by atoms with Crippen LogP contribution in [0.1, 0.15) is 29.5 Å². The third-order valence-electron chi connectivity index (χ3n) is 4.68. The summed E-state index contributed by atoms with van der Waals surface area (Å²) >= 11 is 0. The van der Waals surface area contributed by atoms with Gasteiger partial charge in [-0.3, -0.25) is 0 Å². The van der Waals surface area contributed by atoms with E-state index >= 15 is 0 Å². The van der Waals surface area contributed by atoms with E-state index in [2.05, 4.69) is 9.97 Å². The highest BCUT2D eigenvalue weighted by atomic mass is 19.1. The number of carbonyl (C=O) groups is 1. The molecule has 0 radical (unpaired) electrons. The Kier molecular flexibility index (Phi) is 5.14. The first-order chi connectivity index (χ1) is 13.0. The summed E-state index contributed by atoms with van der Waals surface area (Å²) in [4.78, 5) is 21.3. The van der Waals surface area contributed by atoms with Crippen LogP contribution in [0.3, 0.4) is 0 Å². The molecule has 3 heterocycles. The van der Waals surface area contributed by atoms with E-state index < -0.39 is 22.6 Å². The van der Waals surface area contributed by atoms with Crippen molar-refractivity contribution in [2.75, 3.05) is 20.8 Å². The van der Waals surface area contributed by atoms with Gasteiger partial charge in [0.1, 0.15) is 29.7 Å². The molecule has 27 heavy (non-hydrogen) atoms. The van der Waals surface area contributed by atoms with Gasteiger partial charge in [0, 0.05) is 26.2 Å². The Bertz CT molecular complexity index is 926. The zero-order valence-corrected chi connectivity index (χ0v) is 15.0. The maximum atomic E-state index is 14.2. The van der Waals surface area contributed by atoms with Gasteiger partial charge < -0.3 is 15.2 Å². The number of nitrogens with zero attached hydrogens (tertiary/aromatic N) is 4. The smallest absolute Gasteiger partial charge is 0.350 e. The van der Waals surface area contributed by atoms with Crippen molar-refractivity contribution in [3.05, 3.63) is 47.0 Å². The molecule has 140 valence electrons. The molecule has 1 unspecified atom stereocenters. The highest BCUT2D eigenvalue weighted by Crippen LogP contribution is 2.40. The van der Waals surface area contributed by atoms with Crippen molar-refractivity contribution in [3.8, 4) is 6.07 Å². The van der Waals surface area contributed by atoms with Gasteiger partial charge in [0.05, 0.1) is 12.3 Å². The number of aromatic nitrogens is 2. The number of aryl methyl sites for hydroxylation is 1. The second kappa shape index (κ2) is 7.36. The van der Waals surface area contributed by atoms with Gasteiger partial charge in [-0.1, -0.05) is 0 Å². The number of hydrogen-bond donors (Lipinski definition) is 1. The Labute approximate surface area is 155 Å². The number of hydrogen-bond acceptors (Lipinski definition) is 6. The summed E-state index contributed by atoms with van der Waals surface area (Å²) in [5, 5.41) is 8.94. The molecule has 2 aromatic heterocycles. The average Bonchev–Trinajstić information content (AvgIpc) is 2.68. The molecular weight excluding hydrogens is 353 g/mol. The number of carbonyl (C=O) groups excluding carboxylic acids is 1. The second-order valence-electron chi connectivity index (χ2n) is 6.13. The molecule has 0 fully saturated rings. The minimum absolute atomic E-state index is 0.0796. The van der Waals surface area contributed by atoms with Gasteiger partial charge in [0.2, 0.25) is 17.9 Å². The van der Waals surface area contributed by atoms with Crippen LogP contribution in [0.15, 0.2) is 24.4 Å². The third kappa shape index (κ3) is 3.04. The highest BCUT2D eigenvalue weighted by Gasteiger charge is 2.47. The SMILES string of the molecule is COC(OC)c1ccc2c(n1)[N+](C(N)=O)(c1cc(F)c(C#N)cn1)CCC2. The molecule has 2 amide bonds. The Balaban J connectivity index is 2.24. The Morgan fingerprint density at radius 3 is 2.74 bits per heavy atom. The summed E-state index contributed by atoms with van der Waals surface area (Å²) in [6.07, 6.45) is 1.70. The lowest BCUT2D eigenvalue weighted by atomic mass is 10.0. The number of urea groups is 1. The number of amides is 2. The number of pyridine rings is 2. The normalized spacial score (nSPS) is 18.8. The Morgan fingerprint density at radius 2 is 2.15 bits per heavy atom. The molecular formula is C18H19FN5O3+. The lowest BCUT2D eigenvalue weighted by Gasteiger charge is -2.35. The summed E-state index contributed by atoms with van der Waals surface area (Å²) in [5.74, 6) is -0.325. The van der Waals surface area contributed by atoms with E-state index in [1.165, 1.54) is 14.2 Å². The monoisotopic (exact) mass is 372 g/mol. The molecule has 1 aliphatic rings. The first-order valence-electron chi connectivity index (χ1n) is 8.28. The van der Waals surface area contributed by atoms with Crippen LogP contribution in [0.5, 0.6) is 0 Å². The maximum absolute atomic E-state index is 14.2. The quantitative estimate of drug-likeness (QED) is 0.652. The van der Waals surface area contributed by atoms with E-state index in [0.29, 0.717) is 24.4 Å². The molecule has 0 spiro atoms. The van der Waals surface area contributed by atoms with Gasteiger partial charge in [0.15, 0.2) is 0 Å². The molecule has 0 bridgehead atoms. The number of primary amides is 1. The van der Waals surface area contributed by atoms with Crippen molar-refractivity contribution in [3.63, 3.8) is 0 Å². The van der Waals surface area contributed by atoms with Crippen molar-refractivity contribution in [2.45, 2.75) is 19.1 Å². The molecule has 2 aromatic rings. The number of methoxy groups -OCH3 is 2. The van der Waals surface area contributed by atoms with Crippen LogP contribution in [-0.4, -0.2) is 36.8 Å². The lowest BCUT2D eigenvalue weighted by Crippen LogP contribution is -2.56. The summed E-state index contributed by atoms with van der Waals surface area (Å²) in [6.45, 7) is 0.280. The first kappa shape index (κ1) is 18.8. The zero-order chi connectivity index (χ0) is 19.6. The molecule has 0 aliphatic carbocycles. The Morgan fingerprint density at radius 1 is 1.41 bits per heavy atom. The highest BCUT2D eigenvalue weighted by molar-refractivity contribution is 5.92. The van der Waals surface area contributed by atoms with Gasteiger partial charge in [-0.25, -0.2) is 14.2 Å². The first-order valence-corrected chi connectivity index (χ1v) is 8.28. The maximum Gasteiger partial charge on any atom is 0.426 e. The van der Waals surface area contributed by atoms with Gasteiger partial charge in [-0.15, -0.1) is 4.48 Å². The zero-order valence-electron chi connectivity index (χ0n) is 15.0. The van der Waals surface area contributed by atoms with Gasteiger partial charge >= 0.3 is 6.03 Å².